The molecule has 9 nitrogen and oxygen atoms in total. The van der Waals surface area contributed by atoms with Crippen LogP contribution in [0.15, 0.2) is 41.8 Å². The van der Waals surface area contributed by atoms with Crippen LogP contribution >= 0.6 is 0 Å². The highest BCUT2D eigenvalue weighted by Crippen LogP contribution is 2.22. The van der Waals surface area contributed by atoms with Crippen molar-refractivity contribution in [3.63, 3.8) is 0 Å². The van der Waals surface area contributed by atoms with E-state index in [1.807, 2.05) is 22.3 Å². The number of benzene rings is 1. The summed E-state index contributed by atoms with van der Waals surface area (Å²) >= 11 is 0. The zero-order valence-corrected chi connectivity index (χ0v) is 18.4. The predicted molar refractivity (Wildman–Crippen MR) is 114 cm³/mol. The summed E-state index contributed by atoms with van der Waals surface area (Å²) in [5.74, 6) is 0.756. The monoisotopic (exact) mass is 432 g/mol. The maximum atomic E-state index is 12.4. The van der Waals surface area contributed by atoms with Crippen LogP contribution in [0.2, 0.25) is 0 Å². The lowest BCUT2D eigenvalue weighted by atomic mass is 10.2. The number of hydrogen-bond acceptors (Lipinski definition) is 5. The number of nitrogens with zero attached hydrogens (tertiary/aromatic N) is 5. The quantitative estimate of drug-likeness (QED) is 0.491. The molecule has 0 spiro atoms. The summed E-state index contributed by atoms with van der Waals surface area (Å²) in [4.78, 5) is 21.0. The second kappa shape index (κ2) is 9.40. The molecule has 0 atom stereocenters. The van der Waals surface area contributed by atoms with Gasteiger partial charge in [-0.05, 0) is 31.5 Å². The molecule has 1 N–H and O–H groups in total. The van der Waals surface area contributed by atoms with Crippen LogP contribution < -0.4 is 5.32 Å². The highest BCUT2D eigenvalue weighted by molar-refractivity contribution is 7.89. The first-order valence-corrected chi connectivity index (χ1v) is 11.4. The van der Waals surface area contributed by atoms with Gasteiger partial charge in [-0.25, -0.2) is 22.7 Å². The zero-order chi connectivity index (χ0) is 21.7. The topological polar surface area (TPSA) is 102 Å². The van der Waals surface area contributed by atoms with Gasteiger partial charge in [-0.15, -0.1) is 0 Å². The van der Waals surface area contributed by atoms with E-state index in [4.69, 9.17) is 0 Å². The Balaban J connectivity index is 1.63. The minimum absolute atomic E-state index is 0.0220. The number of aryl methyl sites for hydroxylation is 3. The van der Waals surface area contributed by atoms with Gasteiger partial charge in [0.15, 0.2) is 0 Å². The summed E-state index contributed by atoms with van der Waals surface area (Å²) in [6, 6.07) is 4.97. The third-order valence-electron chi connectivity index (χ3n) is 4.94. The second-order valence-corrected chi connectivity index (χ2v) is 9.37. The molecule has 10 heteroatoms. The minimum Gasteiger partial charge on any atom is -0.356 e. The molecule has 2 heterocycles. The molecule has 1 amide bonds. The van der Waals surface area contributed by atoms with Crippen molar-refractivity contribution in [1.82, 2.24) is 28.7 Å². The van der Waals surface area contributed by atoms with Crippen molar-refractivity contribution >= 4 is 27.0 Å². The van der Waals surface area contributed by atoms with E-state index in [0.29, 0.717) is 31.4 Å². The van der Waals surface area contributed by atoms with Crippen molar-refractivity contribution in [2.75, 3.05) is 20.6 Å². The summed E-state index contributed by atoms with van der Waals surface area (Å²) in [6.45, 7) is 4.11. The molecular formula is C20H28N6O3S. The Morgan fingerprint density at radius 1 is 1.27 bits per heavy atom. The van der Waals surface area contributed by atoms with E-state index in [-0.39, 0.29) is 10.8 Å². The largest absolute Gasteiger partial charge is 0.356 e. The number of carbonyl (C=O) groups excluding carboxylic acids is 1. The normalized spacial score (nSPS) is 12.0. The molecule has 30 heavy (non-hydrogen) atoms. The summed E-state index contributed by atoms with van der Waals surface area (Å²) in [6.07, 6.45) is 7.04. The van der Waals surface area contributed by atoms with Crippen molar-refractivity contribution in [3.8, 4) is 0 Å². The SMILES string of the molecule is CCn1c(CCC(=O)NCCCn2ccnc2)nc2cc(S(=O)(=O)N(C)C)ccc21. The number of sulfonamides is 1. The first-order chi connectivity index (χ1) is 14.3. The fourth-order valence-electron chi connectivity index (χ4n) is 3.30. The maximum Gasteiger partial charge on any atom is 0.242 e. The summed E-state index contributed by atoms with van der Waals surface area (Å²) in [7, 11) is -0.512. The molecule has 0 saturated heterocycles. The molecule has 1 aromatic carbocycles. The fraction of sp³-hybridized carbons (Fsp3) is 0.450. The van der Waals surface area contributed by atoms with Crippen molar-refractivity contribution in [2.45, 2.75) is 44.2 Å². The lowest BCUT2D eigenvalue weighted by molar-refractivity contribution is -0.121. The van der Waals surface area contributed by atoms with Gasteiger partial charge in [-0.2, -0.15) is 0 Å². The summed E-state index contributed by atoms with van der Waals surface area (Å²) in [5, 5.41) is 2.93. The molecule has 0 aliphatic heterocycles. The van der Waals surface area contributed by atoms with Gasteiger partial charge in [0.1, 0.15) is 5.82 Å². The molecule has 0 bridgehead atoms. The van der Waals surface area contributed by atoms with Gasteiger partial charge in [0.2, 0.25) is 15.9 Å². The Kier molecular flexibility index (Phi) is 6.88. The van der Waals surface area contributed by atoms with E-state index in [1.165, 1.54) is 18.4 Å². The standard InChI is InChI=1S/C20H28N6O3S/c1-4-26-18-7-6-16(30(28,29)24(2)3)14-17(18)23-19(26)8-9-20(27)22-10-5-12-25-13-11-21-15-25/h6-7,11,13-15H,4-5,8-10,12H2,1-3H3,(H,22,27). The Morgan fingerprint density at radius 2 is 2.07 bits per heavy atom. The van der Waals surface area contributed by atoms with Gasteiger partial charge in [0.05, 0.1) is 22.3 Å². The number of amides is 1. The Bertz CT molecular complexity index is 1100. The average Bonchev–Trinajstić information content (AvgIpc) is 3.36. The van der Waals surface area contributed by atoms with E-state index in [1.54, 1.807) is 30.7 Å². The lowest BCUT2D eigenvalue weighted by Crippen LogP contribution is -2.25. The smallest absolute Gasteiger partial charge is 0.242 e. The number of rotatable bonds is 10. The highest BCUT2D eigenvalue weighted by Gasteiger charge is 2.19. The number of fused-ring (bicyclic) bond motifs is 1. The maximum absolute atomic E-state index is 12.4. The van der Waals surface area contributed by atoms with Crippen LogP contribution in [0.3, 0.4) is 0 Å². The van der Waals surface area contributed by atoms with Crippen LogP contribution in [-0.4, -0.2) is 58.4 Å². The molecule has 162 valence electrons. The molecule has 0 fully saturated rings. The van der Waals surface area contributed by atoms with Crippen molar-refractivity contribution in [2.24, 2.45) is 0 Å². The van der Waals surface area contributed by atoms with E-state index in [0.717, 1.165) is 24.3 Å². The average molecular weight is 433 g/mol. The van der Waals surface area contributed by atoms with Crippen LogP contribution in [0.5, 0.6) is 0 Å². The summed E-state index contributed by atoms with van der Waals surface area (Å²) in [5.41, 5.74) is 1.49. The first-order valence-electron chi connectivity index (χ1n) is 9.97. The zero-order valence-electron chi connectivity index (χ0n) is 17.6. The number of carbonyl (C=O) groups is 1. The molecule has 0 unspecified atom stereocenters. The van der Waals surface area contributed by atoms with E-state index < -0.39 is 10.0 Å². The molecule has 0 aliphatic rings. The molecular weight excluding hydrogens is 404 g/mol. The van der Waals surface area contributed by atoms with Crippen molar-refractivity contribution in [3.05, 3.63) is 42.7 Å². The Morgan fingerprint density at radius 3 is 2.73 bits per heavy atom. The predicted octanol–water partition coefficient (Wildman–Crippen LogP) is 1.64. The van der Waals surface area contributed by atoms with Crippen LogP contribution in [0, 0.1) is 0 Å². The number of imidazole rings is 2. The van der Waals surface area contributed by atoms with Crippen LogP contribution in [0.1, 0.15) is 25.6 Å². The summed E-state index contributed by atoms with van der Waals surface area (Å²) < 4.78 is 29.9. The van der Waals surface area contributed by atoms with Crippen LogP contribution in [0.4, 0.5) is 0 Å². The third-order valence-corrected chi connectivity index (χ3v) is 6.75. The van der Waals surface area contributed by atoms with E-state index in [2.05, 4.69) is 15.3 Å². The van der Waals surface area contributed by atoms with Gasteiger partial charge in [0, 0.05) is 59.0 Å². The molecule has 3 rings (SSSR count). The van der Waals surface area contributed by atoms with Gasteiger partial charge < -0.3 is 14.5 Å². The van der Waals surface area contributed by atoms with Gasteiger partial charge in [0.25, 0.3) is 0 Å². The molecule has 2 aromatic heterocycles. The number of hydrogen-bond donors (Lipinski definition) is 1. The number of nitrogens with one attached hydrogen (secondary N) is 1. The van der Waals surface area contributed by atoms with Gasteiger partial charge in [-0.1, -0.05) is 0 Å². The van der Waals surface area contributed by atoms with Crippen molar-refractivity contribution in [1.29, 1.82) is 0 Å². The second-order valence-electron chi connectivity index (χ2n) is 7.21. The fourth-order valence-corrected chi connectivity index (χ4v) is 4.22. The highest BCUT2D eigenvalue weighted by atomic mass is 32.2. The van der Waals surface area contributed by atoms with Crippen molar-refractivity contribution < 1.29 is 13.2 Å². The molecule has 3 aromatic rings. The minimum atomic E-state index is -3.52. The van der Waals surface area contributed by atoms with Crippen LogP contribution in [-0.2, 0) is 34.3 Å². The molecule has 0 aliphatic carbocycles. The van der Waals surface area contributed by atoms with E-state index >= 15 is 0 Å². The Hall–Kier alpha value is -2.72. The van der Waals surface area contributed by atoms with Crippen LogP contribution in [0.25, 0.3) is 11.0 Å². The van der Waals surface area contributed by atoms with Gasteiger partial charge in [-0.3, -0.25) is 4.79 Å². The third kappa shape index (κ3) is 4.88. The number of aromatic nitrogens is 4. The molecule has 0 saturated carbocycles. The lowest BCUT2D eigenvalue weighted by Gasteiger charge is -2.11. The first kappa shape index (κ1) is 22.0. The Labute approximate surface area is 176 Å². The van der Waals surface area contributed by atoms with E-state index in [9.17, 15) is 13.2 Å². The molecule has 0 radical (unpaired) electrons. The van der Waals surface area contributed by atoms with Gasteiger partial charge >= 0.3 is 0 Å².